The molecule has 0 atom stereocenters. The van der Waals surface area contributed by atoms with Crippen molar-refractivity contribution in [1.29, 1.82) is 0 Å². The van der Waals surface area contributed by atoms with Crippen LogP contribution in [0.2, 0.25) is 0 Å². The summed E-state index contributed by atoms with van der Waals surface area (Å²) in [5, 5.41) is 13.5. The number of aryl methyl sites for hydroxylation is 2. The number of hydrogen-bond acceptors (Lipinski definition) is 7. The summed E-state index contributed by atoms with van der Waals surface area (Å²) in [6.07, 6.45) is 0. The first kappa shape index (κ1) is 24.8. The normalized spacial score (nSPS) is 11.4. The highest BCUT2D eigenvalue weighted by atomic mass is 32.2. The molecule has 0 saturated heterocycles. The van der Waals surface area contributed by atoms with E-state index < -0.39 is 17.1 Å². The van der Waals surface area contributed by atoms with Crippen LogP contribution in [0, 0.1) is 13.8 Å². The highest BCUT2D eigenvalue weighted by Gasteiger charge is 2.22. The highest BCUT2D eigenvalue weighted by molar-refractivity contribution is 8.15. The minimum atomic E-state index is -0.713. The van der Waals surface area contributed by atoms with Crippen LogP contribution in [0.25, 0.3) is 0 Å². The van der Waals surface area contributed by atoms with Gasteiger partial charge in [-0.15, -0.1) is 0 Å². The van der Waals surface area contributed by atoms with Crippen LogP contribution in [-0.4, -0.2) is 38.1 Å². The predicted molar refractivity (Wildman–Crippen MR) is 135 cm³/mol. The lowest BCUT2D eigenvalue weighted by Gasteiger charge is -2.13. The number of carbonyl (C=O) groups is 1. The summed E-state index contributed by atoms with van der Waals surface area (Å²) in [6.45, 7) is 3.94. The van der Waals surface area contributed by atoms with Gasteiger partial charge in [0.25, 0.3) is 5.56 Å². The van der Waals surface area contributed by atoms with E-state index in [0.717, 1.165) is 32.0 Å². The molecule has 3 rings (SSSR count). The summed E-state index contributed by atoms with van der Waals surface area (Å²) in [6, 6.07) is 12.4. The molecule has 0 radical (unpaired) electrons. The van der Waals surface area contributed by atoms with E-state index in [1.165, 1.54) is 14.1 Å². The number of nitrogens with zero attached hydrogens (tertiary/aromatic N) is 3. The molecule has 178 valence electrons. The molecule has 0 saturated carbocycles. The Balaban J connectivity index is 1.96. The standard InChI is InChI=1S/C24H26N4O5S/c1-14-6-7-17(12-15(14)2)25-19(29)13-34-21(26-16-8-10-18(33-5)11-9-16)20-22(30)27(3)24(32)28(4)23(20)31/h6-12,30H,13H2,1-5H3,(H,25,29). The molecule has 34 heavy (non-hydrogen) atoms. The lowest BCUT2D eigenvalue weighted by atomic mass is 10.1. The van der Waals surface area contributed by atoms with E-state index in [1.54, 1.807) is 31.4 Å². The fraction of sp³-hybridized carbons (Fsp3) is 0.250. The number of hydrogen-bond donors (Lipinski definition) is 2. The molecule has 2 N–H and O–H groups in total. The molecule has 0 aliphatic rings. The number of methoxy groups -OCH3 is 1. The van der Waals surface area contributed by atoms with Gasteiger partial charge in [-0.25, -0.2) is 9.79 Å². The van der Waals surface area contributed by atoms with Gasteiger partial charge in [-0.3, -0.25) is 18.7 Å². The third-order valence-corrected chi connectivity index (χ3v) is 6.26. The number of benzene rings is 2. The molecule has 10 heteroatoms. The van der Waals surface area contributed by atoms with Crippen LogP contribution >= 0.6 is 11.8 Å². The quantitative estimate of drug-likeness (QED) is 0.412. The Labute approximate surface area is 200 Å². The maximum Gasteiger partial charge on any atom is 0.333 e. The summed E-state index contributed by atoms with van der Waals surface area (Å²) in [5.41, 5.74) is 1.75. The highest BCUT2D eigenvalue weighted by Crippen LogP contribution is 2.25. The first-order valence-corrected chi connectivity index (χ1v) is 11.3. The van der Waals surface area contributed by atoms with Crippen LogP contribution in [0.1, 0.15) is 16.7 Å². The maximum atomic E-state index is 12.9. The van der Waals surface area contributed by atoms with E-state index in [1.807, 2.05) is 32.0 Å². The molecule has 1 heterocycles. The third-order valence-electron chi connectivity index (χ3n) is 5.28. The molecule has 9 nitrogen and oxygen atoms in total. The van der Waals surface area contributed by atoms with Gasteiger partial charge in [-0.05, 0) is 61.4 Å². The zero-order valence-electron chi connectivity index (χ0n) is 19.6. The van der Waals surface area contributed by atoms with Gasteiger partial charge in [0.1, 0.15) is 16.4 Å². The number of amides is 1. The number of aromatic nitrogens is 2. The van der Waals surface area contributed by atoms with Gasteiger partial charge >= 0.3 is 5.69 Å². The Morgan fingerprint density at radius 2 is 1.74 bits per heavy atom. The second kappa shape index (κ2) is 10.4. The molecule has 0 fully saturated rings. The number of nitrogens with one attached hydrogen (secondary N) is 1. The number of aromatic hydroxyl groups is 1. The lowest BCUT2D eigenvalue weighted by Crippen LogP contribution is -2.39. The van der Waals surface area contributed by atoms with Gasteiger partial charge in [0, 0.05) is 19.8 Å². The van der Waals surface area contributed by atoms with Gasteiger partial charge < -0.3 is 15.2 Å². The summed E-state index contributed by atoms with van der Waals surface area (Å²) < 4.78 is 6.99. The van der Waals surface area contributed by atoms with Crippen molar-refractivity contribution in [3.63, 3.8) is 0 Å². The zero-order valence-corrected chi connectivity index (χ0v) is 20.4. The van der Waals surface area contributed by atoms with Crippen LogP contribution < -0.4 is 21.3 Å². The van der Waals surface area contributed by atoms with Crippen LogP contribution in [0.15, 0.2) is 57.0 Å². The minimum absolute atomic E-state index is 0.0760. The molecular formula is C24H26N4O5S. The lowest BCUT2D eigenvalue weighted by molar-refractivity contribution is -0.113. The largest absolute Gasteiger partial charge is 0.497 e. The summed E-state index contributed by atoms with van der Waals surface area (Å²) in [5.74, 6) is -0.283. The Morgan fingerprint density at radius 1 is 1.06 bits per heavy atom. The third kappa shape index (κ3) is 5.40. The Hall–Kier alpha value is -3.79. The Kier molecular flexibility index (Phi) is 7.62. The predicted octanol–water partition coefficient (Wildman–Crippen LogP) is 2.87. The number of ether oxygens (including phenoxy) is 1. The smallest absolute Gasteiger partial charge is 0.333 e. The monoisotopic (exact) mass is 482 g/mol. The van der Waals surface area contributed by atoms with Crippen molar-refractivity contribution in [2.45, 2.75) is 13.8 Å². The van der Waals surface area contributed by atoms with Crippen molar-refractivity contribution in [3.05, 3.63) is 80.0 Å². The number of carbonyl (C=O) groups excluding carboxylic acids is 1. The molecule has 1 aromatic heterocycles. The fourth-order valence-electron chi connectivity index (χ4n) is 3.11. The molecule has 0 spiro atoms. The summed E-state index contributed by atoms with van der Waals surface area (Å²) >= 11 is 0.984. The summed E-state index contributed by atoms with van der Waals surface area (Å²) in [4.78, 5) is 42.2. The second-order valence-corrected chi connectivity index (χ2v) is 8.62. The van der Waals surface area contributed by atoms with Crippen LogP contribution in [0.4, 0.5) is 11.4 Å². The number of anilines is 1. The zero-order chi connectivity index (χ0) is 25.0. The average Bonchev–Trinajstić information content (AvgIpc) is 2.82. The van der Waals surface area contributed by atoms with Crippen molar-refractivity contribution < 1.29 is 14.6 Å². The van der Waals surface area contributed by atoms with Gasteiger partial charge in [0.05, 0.1) is 18.6 Å². The fourth-order valence-corrected chi connectivity index (χ4v) is 3.94. The van der Waals surface area contributed by atoms with Gasteiger partial charge in [-0.2, -0.15) is 0 Å². The summed E-state index contributed by atoms with van der Waals surface area (Å²) in [7, 11) is 4.21. The number of thioether (sulfide) groups is 1. The second-order valence-electron chi connectivity index (χ2n) is 7.66. The van der Waals surface area contributed by atoms with Gasteiger partial charge in [0.2, 0.25) is 11.8 Å². The van der Waals surface area contributed by atoms with Crippen molar-refractivity contribution in [1.82, 2.24) is 9.13 Å². The topological polar surface area (TPSA) is 115 Å². The van der Waals surface area contributed by atoms with E-state index in [4.69, 9.17) is 4.74 Å². The molecule has 1 amide bonds. The molecule has 3 aromatic rings. The molecule has 0 unspecified atom stereocenters. The van der Waals surface area contributed by atoms with E-state index >= 15 is 0 Å². The minimum Gasteiger partial charge on any atom is -0.497 e. The molecule has 0 aliphatic carbocycles. The SMILES string of the molecule is COc1ccc(N=C(SCC(=O)Nc2ccc(C)c(C)c2)c2c(O)n(C)c(=O)n(C)c2=O)cc1. The van der Waals surface area contributed by atoms with E-state index in [0.29, 0.717) is 17.1 Å². The van der Waals surface area contributed by atoms with Crippen molar-refractivity contribution in [2.75, 3.05) is 18.2 Å². The van der Waals surface area contributed by atoms with Gasteiger partial charge in [-0.1, -0.05) is 17.8 Å². The number of rotatable bonds is 6. The van der Waals surface area contributed by atoms with Crippen LogP contribution in [0.5, 0.6) is 11.6 Å². The number of aliphatic imine (C=N–C) groups is 1. The molecular weight excluding hydrogens is 456 g/mol. The van der Waals surface area contributed by atoms with E-state index in [-0.39, 0.29) is 22.3 Å². The van der Waals surface area contributed by atoms with E-state index in [2.05, 4.69) is 10.3 Å². The maximum absolute atomic E-state index is 12.9. The van der Waals surface area contributed by atoms with Crippen molar-refractivity contribution >= 4 is 34.1 Å². The van der Waals surface area contributed by atoms with Crippen LogP contribution in [0.3, 0.4) is 0 Å². The first-order chi connectivity index (χ1) is 16.1. The Bertz CT molecular complexity index is 1370. The van der Waals surface area contributed by atoms with Crippen LogP contribution in [-0.2, 0) is 18.9 Å². The average molecular weight is 483 g/mol. The first-order valence-electron chi connectivity index (χ1n) is 10.3. The van der Waals surface area contributed by atoms with E-state index in [9.17, 15) is 19.5 Å². The van der Waals surface area contributed by atoms with Gasteiger partial charge in [0.15, 0.2) is 0 Å². The van der Waals surface area contributed by atoms with Crippen molar-refractivity contribution in [2.24, 2.45) is 19.1 Å². The molecule has 0 bridgehead atoms. The molecule has 2 aromatic carbocycles. The Morgan fingerprint density at radius 3 is 2.35 bits per heavy atom. The van der Waals surface area contributed by atoms with Crippen molar-refractivity contribution in [3.8, 4) is 11.6 Å². The molecule has 0 aliphatic heterocycles.